The van der Waals surface area contributed by atoms with Crippen LogP contribution in [-0.2, 0) is 6.42 Å². The monoisotopic (exact) mass is 456 g/mol. The van der Waals surface area contributed by atoms with E-state index >= 15 is 0 Å². The summed E-state index contributed by atoms with van der Waals surface area (Å²) in [7, 11) is 0. The van der Waals surface area contributed by atoms with Gasteiger partial charge in [0.05, 0.1) is 0 Å². The van der Waals surface area contributed by atoms with Gasteiger partial charge in [0.15, 0.2) is 0 Å². The van der Waals surface area contributed by atoms with Crippen LogP contribution in [0.2, 0.25) is 0 Å². The van der Waals surface area contributed by atoms with Gasteiger partial charge in [-0.3, -0.25) is 0 Å². The third-order valence-corrected chi connectivity index (χ3v) is 8.84. The molecular formula is C34H48. The quantitative estimate of drug-likeness (QED) is 0.295. The molecule has 1 fully saturated rings. The lowest BCUT2D eigenvalue weighted by molar-refractivity contribution is 0.478. The molecule has 2 aliphatic carbocycles. The second-order valence-electron chi connectivity index (χ2n) is 11.6. The summed E-state index contributed by atoms with van der Waals surface area (Å²) in [5, 5.41) is 0. The number of rotatable bonds is 11. The van der Waals surface area contributed by atoms with Crippen molar-refractivity contribution >= 4 is 5.57 Å². The van der Waals surface area contributed by atoms with Crippen LogP contribution in [-0.4, -0.2) is 0 Å². The van der Waals surface area contributed by atoms with Crippen LogP contribution in [0, 0.1) is 11.8 Å². The Hall–Kier alpha value is -1.82. The van der Waals surface area contributed by atoms with E-state index in [1.165, 1.54) is 110 Å². The summed E-state index contributed by atoms with van der Waals surface area (Å²) in [5.41, 5.74) is 10.3. The Balaban J connectivity index is 1.66. The van der Waals surface area contributed by atoms with E-state index in [1.807, 2.05) is 0 Å². The first-order chi connectivity index (χ1) is 16.5. The summed E-state index contributed by atoms with van der Waals surface area (Å²) >= 11 is 0. The van der Waals surface area contributed by atoms with E-state index in [2.05, 4.69) is 64.1 Å². The van der Waals surface area contributed by atoms with Crippen molar-refractivity contribution in [2.45, 2.75) is 117 Å². The summed E-state index contributed by atoms with van der Waals surface area (Å²) in [5.74, 6) is 2.72. The number of benzene rings is 2. The van der Waals surface area contributed by atoms with Gasteiger partial charge in [-0.2, -0.15) is 0 Å². The number of allylic oxidation sites excluding steroid dienone is 1. The molecule has 184 valence electrons. The second kappa shape index (κ2) is 11.7. The van der Waals surface area contributed by atoms with Crippen LogP contribution >= 0.6 is 0 Å². The van der Waals surface area contributed by atoms with Crippen molar-refractivity contribution in [1.29, 1.82) is 0 Å². The second-order valence-corrected chi connectivity index (χ2v) is 11.6. The highest BCUT2D eigenvalue weighted by molar-refractivity contribution is 5.90. The van der Waals surface area contributed by atoms with Crippen LogP contribution in [0.1, 0.15) is 132 Å². The first kappa shape index (κ1) is 25.3. The van der Waals surface area contributed by atoms with Gasteiger partial charge in [-0.1, -0.05) is 116 Å². The SMILES string of the molecule is C=C1c2cc(CCCCCCC)ccc2-c2ccc(C(C)CCCC)cc2C1[C@H]1CCC(C)C1. The van der Waals surface area contributed by atoms with E-state index in [-0.39, 0.29) is 0 Å². The lowest BCUT2D eigenvalue weighted by Gasteiger charge is -2.35. The fraction of sp³-hybridized carbons (Fsp3) is 0.588. The molecule has 2 aromatic carbocycles. The van der Waals surface area contributed by atoms with Crippen molar-refractivity contribution in [3.8, 4) is 11.1 Å². The normalized spacial score (nSPS) is 22.5. The third kappa shape index (κ3) is 5.53. The maximum atomic E-state index is 4.79. The molecular weight excluding hydrogens is 408 g/mol. The molecule has 2 aromatic rings. The van der Waals surface area contributed by atoms with Gasteiger partial charge in [-0.15, -0.1) is 0 Å². The van der Waals surface area contributed by atoms with Gasteiger partial charge in [0.25, 0.3) is 0 Å². The van der Waals surface area contributed by atoms with Gasteiger partial charge < -0.3 is 0 Å². The Labute approximate surface area is 210 Å². The molecule has 0 bridgehead atoms. The molecule has 34 heavy (non-hydrogen) atoms. The van der Waals surface area contributed by atoms with Crippen LogP contribution in [0.4, 0.5) is 0 Å². The van der Waals surface area contributed by atoms with Crippen molar-refractivity contribution in [1.82, 2.24) is 0 Å². The summed E-state index contributed by atoms with van der Waals surface area (Å²) in [6.45, 7) is 14.3. The zero-order valence-corrected chi connectivity index (χ0v) is 22.5. The molecule has 4 atom stereocenters. The minimum absolute atomic E-state index is 0.491. The predicted molar refractivity (Wildman–Crippen MR) is 151 cm³/mol. The van der Waals surface area contributed by atoms with Gasteiger partial charge >= 0.3 is 0 Å². The van der Waals surface area contributed by atoms with Crippen molar-refractivity contribution in [3.63, 3.8) is 0 Å². The zero-order chi connectivity index (χ0) is 24.1. The van der Waals surface area contributed by atoms with Gasteiger partial charge in [-0.05, 0) is 88.8 Å². The van der Waals surface area contributed by atoms with Crippen LogP contribution in [0.25, 0.3) is 16.7 Å². The van der Waals surface area contributed by atoms with Crippen molar-refractivity contribution in [2.75, 3.05) is 0 Å². The van der Waals surface area contributed by atoms with E-state index in [9.17, 15) is 0 Å². The number of hydrogen-bond acceptors (Lipinski definition) is 0. The molecule has 3 unspecified atom stereocenters. The van der Waals surface area contributed by atoms with Crippen LogP contribution < -0.4 is 0 Å². The molecule has 0 radical (unpaired) electrons. The number of unbranched alkanes of at least 4 members (excludes halogenated alkanes) is 5. The summed E-state index contributed by atoms with van der Waals surface area (Å²) in [4.78, 5) is 0. The topological polar surface area (TPSA) is 0 Å². The Bertz CT molecular complexity index is 964. The summed E-state index contributed by atoms with van der Waals surface area (Å²) < 4.78 is 0. The molecule has 0 aromatic heterocycles. The zero-order valence-electron chi connectivity index (χ0n) is 22.5. The third-order valence-electron chi connectivity index (χ3n) is 8.84. The lowest BCUT2D eigenvalue weighted by atomic mass is 9.69. The van der Waals surface area contributed by atoms with Gasteiger partial charge in [-0.25, -0.2) is 0 Å². The molecule has 0 amide bonds. The molecule has 0 spiro atoms. The van der Waals surface area contributed by atoms with Crippen molar-refractivity contribution in [3.05, 3.63) is 65.2 Å². The molecule has 2 aliphatic rings. The first-order valence-corrected chi connectivity index (χ1v) is 14.5. The minimum atomic E-state index is 0.491. The highest BCUT2D eigenvalue weighted by atomic mass is 14.4. The highest BCUT2D eigenvalue weighted by Gasteiger charge is 2.37. The molecule has 0 aliphatic heterocycles. The Morgan fingerprint density at radius 2 is 1.62 bits per heavy atom. The molecule has 0 saturated heterocycles. The summed E-state index contributed by atoms with van der Waals surface area (Å²) in [6.07, 6.45) is 15.9. The molecule has 4 rings (SSSR count). The fourth-order valence-corrected chi connectivity index (χ4v) is 6.69. The van der Waals surface area contributed by atoms with Gasteiger partial charge in [0.1, 0.15) is 0 Å². The van der Waals surface area contributed by atoms with E-state index in [0.717, 1.165) is 11.8 Å². The van der Waals surface area contributed by atoms with Crippen molar-refractivity contribution < 1.29 is 0 Å². The lowest BCUT2D eigenvalue weighted by Crippen LogP contribution is -2.18. The highest BCUT2D eigenvalue weighted by Crippen LogP contribution is 2.53. The Kier molecular flexibility index (Phi) is 8.73. The van der Waals surface area contributed by atoms with Crippen LogP contribution in [0.15, 0.2) is 43.0 Å². The van der Waals surface area contributed by atoms with Crippen LogP contribution in [0.3, 0.4) is 0 Å². The molecule has 0 nitrogen and oxygen atoms in total. The van der Waals surface area contributed by atoms with Gasteiger partial charge in [0, 0.05) is 5.92 Å². The number of hydrogen-bond donors (Lipinski definition) is 0. The largest absolute Gasteiger partial charge is 0.0946 e. The fourth-order valence-electron chi connectivity index (χ4n) is 6.69. The maximum absolute atomic E-state index is 4.79. The average Bonchev–Trinajstić information content (AvgIpc) is 3.27. The minimum Gasteiger partial charge on any atom is -0.0946 e. The number of fused-ring (bicyclic) bond motifs is 3. The molecule has 1 saturated carbocycles. The van der Waals surface area contributed by atoms with E-state index in [4.69, 9.17) is 6.58 Å². The van der Waals surface area contributed by atoms with E-state index in [1.54, 1.807) is 5.56 Å². The average molecular weight is 457 g/mol. The standard InChI is InChI=1S/C34H48/c1-6-8-10-11-12-14-27-16-19-30-31-20-18-28(25(4)13-9-7-2)23-33(31)34(26(5)32(30)22-27)29-17-15-24(3)21-29/h16,18-20,22-25,29,34H,5-15,17,21H2,1-4H3/t24?,25?,29-,34?/m0/s1. The Morgan fingerprint density at radius 3 is 2.35 bits per heavy atom. The molecule has 0 N–H and O–H groups in total. The smallest absolute Gasteiger partial charge is 0.0124 e. The summed E-state index contributed by atoms with van der Waals surface area (Å²) in [6, 6.07) is 14.8. The van der Waals surface area contributed by atoms with Crippen LogP contribution in [0.5, 0.6) is 0 Å². The maximum Gasteiger partial charge on any atom is 0.0124 e. The molecule has 0 heteroatoms. The first-order valence-electron chi connectivity index (χ1n) is 14.5. The van der Waals surface area contributed by atoms with Crippen molar-refractivity contribution in [2.24, 2.45) is 11.8 Å². The van der Waals surface area contributed by atoms with E-state index in [0.29, 0.717) is 11.8 Å². The van der Waals surface area contributed by atoms with Gasteiger partial charge in [0.2, 0.25) is 0 Å². The predicted octanol–water partition coefficient (Wildman–Crippen LogP) is 10.7. The van der Waals surface area contributed by atoms with E-state index < -0.39 is 0 Å². The Morgan fingerprint density at radius 1 is 0.853 bits per heavy atom. The number of aryl methyl sites for hydroxylation is 1. The molecule has 0 heterocycles.